The number of rotatable bonds is 7. The summed E-state index contributed by atoms with van der Waals surface area (Å²) < 4.78 is 13.0. The number of hydrogen-bond acceptors (Lipinski definition) is 0. The Morgan fingerprint density at radius 1 is 0.885 bits per heavy atom. The maximum atomic E-state index is 13.0. The van der Waals surface area contributed by atoms with Crippen molar-refractivity contribution < 1.29 is 4.39 Å². The fraction of sp³-hybridized carbons (Fsp3) is 0.760. The Morgan fingerprint density at radius 3 is 2.04 bits per heavy atom. The summed E-state index contributed by atoms with van der Waals surface area (Å²) in [6, 6.07) is 7.12. The number of halogens is 1. The minimum Gasteiger partial charge on any atom is -0.207 e. The van der Waals surface area contributed by atoms with Crippen molar-refractivity contribution in [1.82, 2.24) is 0 Å². The molecule has 146 valence electrons. The lowest BCUT2D eigenvalue weighted by atomic mass is 9.67. The summed E-state index contributed by atoms with van der Waals surface area (Å²) in [5.41, 5.74) is 1.30. The molecule has 1 heteroatoms. The van der Waals surface area contributed by atoms with Gasteiger partial charge in [0.25, 0.3) is 0 Å². The van der Waals surface area contributed by atoms with Crippen molar-refractivity contribution in [3.8, 4) is 0 Å². The summed E-state index contributed by atoms with van der Waals surface area (Å²) in [6.45, 7) is 4.82. The lowest BCUT2D eigenvalue weighted by molar-refractivity contribution is 0.125. The van der Waals surface area contributed by atoms with Gasteiger partial charge in [0.2, 0.25) is 0 Å². The quantitative estimate of drug-likeness (QED) is 0.466. The van der Waals surface area contributed by atoms with Gasteiger partial charge in [0.1, 0.15) is 5.82 Å². The van der Waals surface area contributed by atoms with Crippen LogP contribution < -0.4 is 0 Å². The molecule has 2 fully saturated rings. The Balaban J connectivity index is 1.35. The van der Waals surface area contributed by atoms with Crippen molar-refractivity contribution in [2.24, 2.45) is 29.6 Å². The van der Waals surface area contributed by atoms with Crippen LogP contribution in [0.15, 0.2) is 24.3 Å². The van der Waals surface area contributed by atoms with Crippen molar-refractivity contribution in [3.05, 3.63) is 35.6 Å². The third-order valence-electron chi connectivity index (χ3n) is 7.68. The Labute approximate surface area is 161 Å². The van der Waals surface area contributed by atoms with Crippen molar-refractivity contribution in [2.75, 3.05) is 0 Å². The first-order valence-corrected chi connectivity index (χ1v) is 11.4. The molecular weight excluding hydrogens is 319 g/mol. The monoisotopic (exact) mass is 358 g/mol. The van der Waals surface area contributed by atoms with E-state index in [9.17, 15) is 4.39 Å². The molecule has 3 rings (SSSR count). The molecule has 2 aliphatic rings. The molecule has 0 heterocycles. The molecule has 26 heavy (non-hydrogen) atoms. The SMILES string of the molecule is CCCC(C)C1CCC(C2CCC(CCc3ccc(F)cc3)CC2)CC1. The normalized spacial score (nSPS) is 30.9. The van der Waals surface area contributed by atoms with Gasteiger partial charge in [0.05, 0.1) is 0 Å². The molecule has 1 unspecified atom stereocenters. The van der Waals surface area contributed by atoms with Crippen LogP contribution in [0.1, 0.15) is 90.0 Å². The highest BCUT2D eigenvalue weighted by molar-refractivity contribution is 5.16. The van der Waals surface area contributed by atoms with Crippen LogP contribution in [0.25, 0.3) is 0 Å². The first kappa shape index (κ1) is 19.9. The molecular formula is C25H39F. The molecule has 2 saturated carbocycles. The van der Waals surface area contributed by atoms with Crippen LogP contribution >= 0.6 is 0 Å². The third kappa shape index (κ3) is 5.57. The Morgan fingerprint density at radius 2 is 1.46 bits per heavy atom. The van der Waals surface area contributed by atoms with E-state index in [0.29, 0.717) is 0 Å². The molecule has 1 aromatic carbocycles. The fourth-order valence-corrected chi connectivity index (χ4v) is 5.85. The van der Waals surface area contributed by atoms with Gasteiger partial charge in [-0.2, -0.15) is 0 Å². The number of benzene rings is 1. The molecule has 0 amide bonds. The molecule has 2 aliphatic carbocycles. The van der Waals surface area contributed by atoms with Gasteiger partial charge in [0.15, 0.2) is 0 Å². The van der Waals surface area contributed by atoms with E-state index in [-0.39, 0.29) is 5.82 Å². The van der Waals surface area contributed by atoms with E-state index in [1.807, 2.05) is 12.1 Å². The first-order valence-electron chi connectivity index (χ1n) is 11.4. The smallest absolute Gasteiger partial charge is 0.123 e. The summed E-state index contributed by atoms with van der Waals surface area (Å²) in [5.74, 6) is 4.78. The maximum absolute atomic E-state index is 13.0. The van der Waals surface area contributed by atoms with Gasteiger partial charge in [-0.1, -0.05) is 51.7 Å². The molecule has 1 aromatic rings. The van der Waals surface area contributed by atoms with Crippen LogP contribution in [0.3, 0.4) is 0 Å². The third-order valence-corrected chi connectivity index (χ3v) is 7.68. The van der Waals surface area contributed by atoms with E-state index in [1.54, 1.807) is 12.1 Å². The standard InChI is InChI=1S/C25H39F/c1-3-4-19(2)22-13-15-24(16-14-22)23-11-7-20(8-12-23)5-6-21-9-17-25(26)18-10-21/h9-10,17-20,22-24H,3-8,11-16H2,1-2H3. The van der Waals surface area contributed by atoms with E-state index in [4.69, 9.17) is 0 Å². The first-order chi connectivity index (χ1) is 12.7. The highest BCUT2D eigenvalue weighted by Gasteiger charge is 2.31. The van der Waals surface area contributed by atoms with Crippen LogP contribution in [0.4, 0.5) is 4.39 Å². The van der Waals surface area contributed by atoms with Crippen LogP contribution in [-0.2, 0) is 6.42 Å². The van der Waals surface area contributed by atoms with Crippen molar-refractivity contribution in [2.45, 2.75) is 90.9 Å². The van der Waals surface area contributed by atoms with Gasteiger partial charge in [-0.3, -0.25) is 0 Å². The second kappa shape index (κ2) is 9.90. The summed E-state index contributed by atoms with van der Waals surface area (Å²) in [6.07, 6.45) is 17.0. The predicted octanol–water partition coefficient (Wildman–Crippen LogP) is 7.81. The summed E-state index contributed by atoms with van der Waals surface area (Å²) in [5, 5.41) is 0. The molecule has 1 atom stereocenters. The summed E-state index contributed by atoms with van der Waals surface area (Å²) >= 11 is 0. The molecule has 0 radical (unpaired) electrons. The maximum Gasteiger partial charge on any atom is 0.123 e. The highest BCUT2D eigenvalue weighted by Crippen LogP contribution is 2.44. The van der Waals surface area contributed by atoms with Crippen LogP contribution in [0.2, 0.25) is 0 Å². The lowest BCUT2D eigenvalue weighted by Gasteiger charge is -2.39. The van der Waals surface area contributed by atoms with E-state index >= 15 is 0 Å². The largest absolute Gasteiger partial charge is 0.207 e. The molecule has 0 nitrogen and oxygen atoms in total. The van der Waals surface area contributed by atoms with E-state index in [0.717, 1.165) is 36.0 Å². The predicted molar refractivity (Wildman–Crippen MR) is 110 cm³/mol. The Bertz CT molecular complexity index is 503. The average Bonchev–Trinajstić information content (AvgIpc) is 2.68. The zero-order chi connectivity index (χ0) is 18.4. The molecule has 0 spiro atoms. The van der Waals surface area contributed by atoms with Crippen molar-refractivity contribution in [3.63, 3.8) is 0 Å². The zero-order valence-electron chi connectivity index (χ0n) is 17.1. The summed E-state index contributed by atoms with van der Waals surface area (Å²) in [4.78, 5) is 0. The van der Waals surface area contributed by atoms with Crippen LogP contribution in [0, 0.1) is 35.4 Å². The second-order valence-corrected chi connectivity index (χ2v) is 9.39. The van der Waals surface area contributed by atoms with Gasteiger partial charge < -0.3 is 0 Å². The van der Waals surface area contributed by atoms with E-state index < -0.39 is 0 Å². The second-order valence-electron chi connectivity index (χ2n) is 9.39. The van der Waals surface area contributed by atoms with E-state index in [1.165, 1.54) is 76.2 Å². The van der Waals surface area contributed by atoms with Gasteiger partial charge >= 0.3 is 0 Å². The number of aryl methyl sites for hydroxylation is 1. The fourth-order valence-electron chi connectivity index (χ4n) is 5.85. The molecule has 0 N–H and O–H groups in total. The average molecular weight is 359 g/mol. The molecule has 0 saturated heterocycles. The van der Waals surface area contributed by atoms with Gasteiger partial charge in [-0.25, -0.2) is 4.39 Å². The highest BCUT2D eigenvalue weighted by atomic mass is 19.1. The zero-order valence-corrected chi connectivity index (χ0v) is 17.1. The van der Waals surface area contributed by atoms with Crippen molar-refractivity contribution in [1.29, 1.82) is 0 Å². The summed E-state index contributed by atoms with van der Waals surface area (Å²) in [7, 11) is 0. The topological polar surface area (TPSA) is 0 Å². The van der Waals surface area contributed by atoms with Gasteiger partial charge in [0, 0.05) is 0 Å². The van der Waals surface area contributed by atoms with Crippen LogP contribution in [-0.4, -0.2) is 0 Å². The molecule has 0 bridgehead atoms. The minimum atomic E-state index is -0.118. The van der Waals surface area contributed by atoms with Gasteiger partial charge in [-0.05, 0) is 98.7 Å². The Kier molecular flexibility index (Phi) is 7.58. The van der Waals surface area contributed by atoms with Gasteiger partial charge in [-0.15, -0.1) is 0 Å². The molecule has 0 aliphatic heterocycles. The molecule has 0 aromatic heterocycles. The lowest BCUT2D eigenvalue weighted by Crippen LogP contribution is -2.27. The van der Waals surface area contributed by atoms with E-state index in [2.05, 4.69) is 13.8 Å². The van der Waals surface area contributed by atoms with Crippen LogP contribution in [0.5, 0.6) is 0 Å². The van der Waals surface area contributed by atoms with Crippen molar-refractivity contribution >= 4 is 0 Å². The Hall–Kier alpha value is -0.850. The number of hydrogen-bond donors (Lipinski definition) is 0. The minimum absolute atomic E-state index is 0.118.